The fourth-order valence-electron chi connectivity index (χ4n) is 2.78. The number of carbonyl (C=O) groups excluding carboxylic acids is 2. The molecular weight excluding hydrogens is 296 g/mol. The molecule has 2 rings (SSSR count). The molecule has 1 N–H and O–H groups in total. The Labute approximate surface area is 135 Å². The van der Waals surface area contributed by atoms with Gasteiger partial charge in [-0.05, 0) is 31.9 Å². The largest absolute Gasteiger partial charge is 0.481 e. The van der Waals surface area contributed by atoms with Gasteiger partial charge in [0, 0.05) is 25.7 Å². The average molecular weight is 318 g/mol. The number of likely N-dealkylation sites (N-methyl/N-ethyl adjacent to an activating group) is 1. The summed E-state index contributed by atoms with van der Waals surface area (Å²) in [6.07, 6.45) is 1.27. The van der Waals surface area contributed by atoms with Crippen LogP contribution in [0.1, 0.15) is 28.8 Å². The maximum absolute atomic E-state index is 12.3. The number of hydrogen-bond donors (Lipinski definition) is 1. The monoisotopic (exact) mass is 318 g/mol. The Morgan fingerprint density at radius 3 is 2.74 bits per heavy atom. The number of likely N-dealkylation sites (tertiary alicyclic amines) is 1. The lowest BCUT2D eigenvalue weighted by Crippen LogP contribution is -2.46. The first-order chi connectivity index (χ1) is 10.9. The normalized spacial score (nSPS) is 17.7. The van der Waals surface area contributed by atoms with Gasteiger partial charge in [0.1, 0.15) is 0 Å². The van der Waals surface area contributed by atoms with Crippen LogP contribution >= 0.6 is 0 Å². The summed E-state index contributed by atoms with van der Waals surface area (Å²) >= 11 is 0. The van der Waals surface area contributed by atoms with E-state index in [4.69, 9.17) is 5.11 Å². The third-order valence-corrected chi connectivity index (χ3v) is 4.11. The number of piperidine rings is 1. The maximum atomic E-state index is 12.3. The van der Waals surface area contributed by atoms with Gasteiger partial charge >= 0.3 is 5.97 Å². The zero-order valence-corrected chi connectivity index (χ0v) is 13.5. The van der Waals surface area contributed by atoms with E-state index in [1.54, 1.807) is 30.1 Å². The van der Waals surface area contributed by atoms with Crippen molar-refractivity contribution >= 4 is 17.8 Å². The van der Waals surface area contributed by atoms with Gasteiger partial charge in [-0.15, -0.1) is 0 Å². The van der Waals surface area contributed by atoms with Crippen molar-refractivity contribution < 1.29 is 19.5 Å². The molecule has 1 fully saturated rings. The molecule has 1 aliphatic rings. The first-order valence-corrected chi connectivity index (χ1v) is 7.71. The molecule has 1 saturated heterocycles. The zero-order chi connectivity index (χ0) is 17.0. The van der Waals surface area contributed by atoms with Gasteiger partial charge in [-0.2, -0.15) is 0 Å². The van der Waals surface area contributed by atoms with E-state index in [-0.39, 0.29) is 24.9 Å². The number of benzene rings is 1. The summed E-state index contributed by atoms with van der Waals surface area (Å²) in [5.74, 6) is -1.80. The molecule has 1 aromatic rings. The van der Waals surface area contributed by atoms with Crippen LogP contribution < -0.4 is 0 Å². The second-order valence-corrected chi connectivity index (χ2v) is 6.05. The van der Waals surface area contributed by atoms with Crippen LogP contribution in [0.5, 0.6) is 0 Å². The summed E-state index contributed by atoms with van der Waals surface area (Å²) in [6, 6.07) is 7.21. The van der Waals surface area contributed by atoms with Gasteiger partial charge in [0.15, 0.2) is 0 Å². The molecule has 0 saturated carbocycles. The SMILES string of the molecule is Cc1cccc(C(=O)N(C)CC(=O)N2CCCC(C(=O)O)C2)c1. The highest BCUT2D eigenvalue weighted by Gasteiger charge is 2.29. The molecule has 23 heavy (non-hydrogen) atoms. The van der Waals surface area contributed by atoms with Crippen molar-refractivity contribution in [2.24, 2.45) is 5.92 Å². The minimum Gasteiger partial charge on any atom is -0.481 e. The topological polar surface area (TPSA) is 77.9 Å². The van der Waals surface area contributed by atoms with Gasteiger partial charge in [-0.3, -0.25) is 14.4 Å². The highest BCUT2D eigenvalue weighted by Crippen LogP contribution is 2.17. The Kier molecular flexibility index (Phi) is 5.36. The molecule has 0 radical (unpaired) electrons. The molecule has 0 aromatic heterocycles. The fraction of sp³-hybridized carbons (Fsp3) is 0.471. The molecule has 6 heteroatoms. The molecule has 1 aliphatic heterocycles. The van der Waals surface area contributed by atoms with Crippen molar-refractivity contribution in [1.29, 1.82) is 0 Å². The molecule has 124 valence electrons. The summed E-state index contributed by atoms with van der Waals surface area (Å²) < 4.78 is 0. The fourth-order valence-corrected chi connectivity index (χ4v) is 2.78. The second kappa shape index (κ2) is 7.26. The maximum Gasteiger partial charge on any atom is 0.308 e. The van der Waals surface area contributed by atoms with Crippen molar-refractivity contribution in [2.45, 2.75) is 19.8 Å². The van der Waals surface area contributed by atoms with Crippen molar-refractivity contribution in [3.8, 4) is 0 Å². The average Bonchev–Trinajstić information content (AvgIpc) is 2.54. The van der Waals surface area contributed by atoms with Crippen molar-refractivity contribution in [3.63, 3.8) is 0 Å². The Bertz CT molecular complexity index is 614. The summed E-state index contributed by atoms with van der Waals surface area (Å²) in [5, 5.41) is 9.08. The standard InChI is InChI=1S/C17H22N2O4/c1-12-5-3-6-13(9-12)16(21)18(2)11-15(20)19-8-4-7-14(10-19)17(22)23/h3,5-6,9,14H,4,7-8,10-11H2,1-2H3,(H,22,23). The molecule has 0 bridgehead atoms. The smallest absolute Gasteiger partial charge is 0.308 e. The van der Waals surface area contributed by atoms with E-state index in [2.05, 4.69) is 0 Å². The Morgan fingerprint density at radius 1 is 1.35 bits per heavy atom. The minimum atomic E-state index is -0.869. The van der Waals surface area contributed by atoms with E-state index in [0.29, 0.717) is 24.9 Å². The van der Waals surface area contributed by atoms with Crippen LogP contribution in [-0.2, 0) is 9.59 Å². The number of carboxylic acids is 1. The van der Waals surface area contributed by atoms with E-state index >= 15 is 0 Å². The summed E-state index contributed by atoms with van der Waals surface area (Å²) in [6.45, 7) is 2.64. The van der Waals surface area contributed by atoms with E-state index in [1.165, 1.54) is 4.90 Å². The van der Waals surface area contributed by atoms with Crippen LogP contribution in [0.4, 0.5) is 0 Å². The molecule has 2 amide bonds. The lowest BCUT2D eigenvalue weighted by molar-refractivity contribution is -0.145. The molecule has 0 aliphatic carbocycles. The van der Waals surface area contributed by atoms with E-state index in [9.17, 15) is 14.4 Å². The van der Waals surface area contributed by atoms with Crippen molar-refractivity contribution in [3.05, 3.63) is 35.4 Å². The number of nitrogens with zero attached hydrogens (tertiary/aromatic N) is 2. The Balaban J connectivity index is 1.96. The lowest BCUT2D eigenvalue weighted by atomic mass is 9.98. The predicted octanol–water partition coefficient (Wildman–Crippen LogP) is 1.39. The predicted molar refractivity (Wildman–Crippen MR) is 85.1 cm³/mol. The van der Waals surface area contributed by atoms with Crippen LogP contribution in [0, 0.1) is 12.8 Å². The van der Waals surface area contributed by atoms with Crippen molar-refractivity contribution in [2.75, 3.05) is 26.7 Å². The molecular formula is C17H22N2O4. The Hall–Kier alpha value is -2.37. The van der Waals surface area contributed by atoms with Gasteiger partial charge < -0.3 is 14.9 Å². The number of carboxylic acid groups (broad SMARTS) is 1. The summed E-state index contributed by atoms with van der Waals surface area (Å²) in [5.41, 5.74) is 1.53. The van der Waals surface area contributed by atoms with Gasteiger partial charge in [-0.25, -0.2) is 0 Å². The first kappa shape index (κ1) is 17.0. The van der Waals surface area contributed by atoms with Crippen LogP contribution in [0.2, 0.25) is 0 Å². The van der Waals surface area contributed by atoms with Gasteiger partial charge in [-0.1, -0.05) is 17.7 Å². The van der Waals surface area contributed by atoms with Crippen LogP contribution in [0.3, 0.4) is 0 Å². The van der Waals surface area contributed by atoms with Crippen molar-refractivity contribution in [1.82, 2.24) is 9.80 Å². The van der Waals surface area contributed by atoms with E-state index in [0.717, 1.165) is 5.56 Å². The quantitative estimate of drug-likeness (QED) is 0.910. The van der Waals surface area contributed by atoms with E-state index < -0.39 is 11.9 Å². The number of amides is 2. The highest BCUT2D eigenvalue weighted by atomic mass is 16.4. The number of carbonyl (C=O) groups is 3. The summed E-state index contributed by atoms with van der Waals surface area (Å²) in [4.78, 5) is 38.7. The zero-order valence-electron chi connectivity index (χ0n) is 13.5. The molecule has 1 aromatic carbocycles. The third kappa shape index (κ3) is 4.31. The van der Waals surface area contributed by atoms with Gasteiger partial charge in [0.05, 0.1) is 12.5 Å². The molecule has 0 spiro atoms. The van der Waals surface area contributed by atoms with Crippen LogP contribution in [-0.4, -0.2) is 59.4 Å². The van der Waals surface area contributed by atoms with E-state index in [1.807, 2.05) is 13.0 Å². The van der Waals surface area contributed by atoms with Crippen LogP contribution in [0.25, 0.3) is 0 Å². The molecule has 1 heterocycles. The third-order valence-electron chi connectivity index (χ3n) is 4.11. The van der Waals surface area contributed by atoms with Gasteiger partial charge in [0.25, 0.3) is 5.91 Å². The number of aliphatic carboxylic acids is 1. The first-order valence-electron chi connectivity index (χ1n) is 7.71. The Morgan fingerprint density at radius 2 is 2.09 bits per heavy atom. The second-order valence-electron chi connectivity index (χ2n) is 6.05. The van der Waals surface area contributed by atoms with Crippen LogP contribution in [0.15, 0.2) is 24.3 Å². The lowest BCUT2D eigenvalue weighted by Gasteiger charge is -2.32. The molecule has 1 atom stereocenters. The molecule has 6 nitrogen and oxygen atoms in total. The number of aryl methyl sites for hydroxylation is 1. The summed E-state index contributed by atoms with van der Waals surface area (Å²) in [7, 11) is 1.58. The highest BCUT2D eigenvalue weighted by molar-refractivity contribution is 5.96. The number of rotatable bonds is 4. The van der Waals surface area contributed by atoms with Gasteiger partial charge in [0.2, 0.25) is 5.91 Å². The minimum absolute atomic E-state index is 0.0425. The number of hydrogen-bond acceptors (Lipinski definition) is 3. The molecule has 1 unspecified atom stereocenters.